The minimum Gasteiger partial charge on any atom is -0.376 e. The molecule has 1 aromatic rings. The van der Waals surface area contributed by atoms with Crippen molar-refractivity contribution in [3.63, 3.8) is 0 Å². The molecule has 1 saturated heterocycles. The average Bonchev–Trinajstić information content (AvgIpc) is 2.29. The van der Waals surface area contributed by atoms with Crippen molar-refractivity contribution in [3.05, 3.63) is 34.3 Å². The Morgan fingerprint density at radius 3 is 2.53 bits per heavy atom. The molecule has 0 aromatic heterocycles. The fourth-order valence-electron chi connectivity index (χ4n) is 1.79. The lowest BCUT2D eigenvalue weighted by Gasteiger charge is -2.33. The summed E-state index contributed by atoms with van der Waals surface area (Å²) in [5.74, 6) is 0. The van der Waals surface area contributed by atoms with Crippen LogP contribution >= 0.6 is 15.9 Å². The van der Waals surface area contributed by atoms with Crippen LogP contribution in [0, 0.1) is 0 Å². The molecule has 1 aliphatic heterocycles. The topological polar surface area (TPSA) is 44.5 Å². The van der Waals surface area contributed by atoms with Crippen LogP contribution in [0.3, 0.4) is 0 Å². The molecular formula is C13H18BrNO2. The van der Waals surface area contributed by atoms with Gasteiger partial charge in [0, 0.05) is 10.5 Å². The van der Waals surface area contributed by atoms with Crippen LogP contribution in [0.15, 0.2) is 28.7 Å². The van der Waals surface area contributed by atoms with E-state index in [9.17, 15) is 0 Å². The summed E-state index contributed by atoms with van der Waals surface area (Å²) in [7, 11) is 0. The zero-order valence-electron chi connectivity index (χ0n) is 9.93. The minimum absolute atomic E-state index is 0.0248. The van der Waals surface area contributed by atoms with E-state index in [-0.39, 0.29) is 18.2 Å². The first-order valence-corrected chi connectivity index (χ1v) is 6.74. The number of hydrogen-bond donors (Lipinski definition) is 1. The van der Waals surface area contributed by atoms with Crippen LogP contribution < -0.4 is 5.73 Å². The number of rotatable bonds is 5. The molecule has 17 heavy (non-hydrogen) atoms. The molecule has 94 valence electrons. The maximum Gasteiger partial charge on any atom is 0.105 e. The summed E-state index contributed by atoms with van der Waals surface area (Å²) in [5, 5.41) is 0. The summed E-state index contributed by atoms with van der Waals surface area (Å²) in [6.07, 6.45) is 1.05. The summed E-state index contributed by atoms with van der Waals surface area (Å²) >= 11 is 3.43. The maximum absolute atomic E-state index is 6.14. The van der Waals surface area contributed by atoms with Gasteiger partial charge < -0.3 is 15.2 Å². The van der Waals surface area contributed by atoms with Crippen molar-refractivity contribution in [3.8, 4) is 0 Å². The second kappa shape index (κ2) is 5.96. The van der Waals surface area contributed by atoms with Gasteiger partial charge in [-0.05, 0) is 24.1 Å². The molecule has 0 amide bonds. The summed E-state index contributed by atoms with van der Waals surface area (Å²) in [6, 6.07) is 8.18. The molecule has 0 spiro atoms. The van der Waals surface area contributed by atoms with Gasteiger partial charge in [-0.1, -0.05) is 35.0 Å². The average molecular weight is 300 g/mol. The molecule has 1 aromatic carbocycles. The van der Waals surface area contributed by atoms with E-state index < -0.39 is 0 Å². The molecular weight excluding hydrogens is 282 g/mol. The molecule has 2 N–H and O–H groups in total. The van der Waals surface area contributed by atoms with Crippen molar-refractivity contribution < 1.29 is 9.47 Å². The normalized spacial score (nSPS) is 19.7. The van der Waals surface area contributed by atoms with Crippen LogP contribution in [0.2, 0.25) is 0 Å². The second-order valence-corrected chi connectivity index (χ2v) is 5.26. The lowest BCUT2D eigenvalue weighted by molar-refractivity contribution is -0.160. The molecule has 2 rings (SSSR count). The molecule has 1 aliphatic rings. The molecule has 0 saturated carbocycles. The van der Waals surface area contributed by atoms with Gasteiger partial charge in [0.1, 0.15) is 6.10 Å². The Morgan fingerprint density at radius 1 is 1.41 bits per heavy atom. The quantitative estimate of drug-likeness (QED) is 0.909. The first kappa shape index (κ1) is 13.0. The van der Waals surface area contributed by atoms with Crippen LogP contribution in [0.5, 0.6) is 0 Å². The fourth-order valence-corrected chi connectivity index (χ4v) is 2.06. The highest BCUT2D eigenvalue weighted by molar-refractivity contribution is 9.10. The monoisotopic (exact) mass is 299 g/mol. The Kier molecular flexibility index (Phi) is 4.56. The molecule has 1 fully saturated rings. The van der Waals surface area contributed by atoms with Gasteiger partial charge >= 0.3 is 0 Å². The van der Waals surface area contributed by atoms with E-state index in [1.54, 1.807) is 0 Å². The zero-order valence-corrected chi connectivity index (χ0v) is 11.5. The highest BCUT2D eigenvalue weighted by atomic mass is 79.9. The van der Waals surface area contributed by atoms with E-state index in [4.69, 9.17) is 15.2 Å². The van der Waals surface area contributed by atoms with Crippen molar-refractivity contribution >= 4 is 15.9 Å². The molecule has 4 heteroatoms. The number of ether oxygens (including phenoxy) is 2. The summed E-state index contributed by atoms with van der Waals surface area (Å²) in [4.78, 5) is 0. The van der Waals surface area contributed by atoms with E-state index >= 15 is 0 Å². The number of benzene rings is 1. The van der Waals surface area contributed by atoms with Gasteiger partial charge in [0.25, 0.3) is 0 Å². The first-order chi connectivity index (χ1) is 8.20. The first-order valence-electron chi connectivity index (χ1n) is 5.95. The van der Waals surface area contributed by atoms with Gasteiger partial charge in [0.05, 0.1) is 19.3 Å². The van der Waals surface area contributed by atoms with Gasteiger partial charge in [-0.2, -0.15) is 0 Å². The van der Waals surface area contributed by atoms with E-state index in [0.29, 0.717) is 13.2 Å². The molecule has 0 radical (unpaired) electrons. The summed E-state index contributed by atoms with van der Waals surface area (Å²) in [6.45, 7) is 3.45. The van der Waals surface area contributed by atoms with E-state index in [0.717, 1.165) is 16.5 Å². The Balaban J connectivity index is 2.10. The molecule has 0 bridgehead atoms. The Morgan fingerprint density at radius 2 is 2.06 bits per heavy atom. The van der Waals surface area contributed by atoms with E-state index in [2.05, 4.69) is 35.0 Å². The Bertz CT molecular complexity index is 351. The molecule has 1 heterocycles. The third-order valence-electron chi connectivity index (χ3n) is 3.01. The van der Waals surface area contributed by atoms with Crippen LogP contribution in [-0.2, 0) is 9.47 Å². The minimum atomic E-state index is -0.0398. The SMILES string of the molecule is CCC(N)C(OC1COC1)c1ccc(Br)cc1. The lowest BCUT2D eigenvalue weighted by Crippen LogP contribution is -2.41. The predicted molar refractivity (Wildman–Crippen MR) is 70.8 cm³/mol. The number of nitrogens with two attached hydrogens (primary N) is 1. The van der Waals surface area contributed by atoms with Gasteiger partial charge in [0.15, 0.2) is 0 Å². The van der Waals surface area contributed by atoms with E-state index in [1.807, 2.05) is 12.1 Å². The second-order valence-electron chi connectivity index (χ2n) is 4.34. The van der Waals surface area contributed by atoms with Crippen molar-refractivity contribution in [1.29, 1.82) is 0 Å². The molecule has 2 atom stereocenters. The maximum atomic E-state index is 6.14. The van der Waals surface area contributed by atoms with Crippen LogP contribution in [0.25, 0.3) is 0 Å². The summed E-state index contributed by atoms with van der Waals surface area (Å²) < 4.78 is 12.2. The standard InChI is InChI=1S/C13H18BrNO2/c1-2-12(15)13(17-11-7-16-8-11)9-3-5-10(14)6-4-9/h3-6,11-13H,2,7-8,15H2,1H3. The summed E-state index contributed by atoms with van der Waals surface area (Å²) in [5.41, 5.74) is 7.27. The van der Waals surface area contributed by atoms with Gasteiger partial charge in [0.2, 0.25) is 0 Å². The zero-order chi connectivity index (χ0) is 12.3. The predicted octanol–water partition coefficient (Wildman–Crippen LogP) is 2.64. The highest BCUT2D eigenvalue weighted by Gasteiger charge is 2.27. The molecule has 2 unspecified atom stereocenters. The van der Waals surface area contributed by atoms with E-state index in [1.165, 1.54) is 0 Å². The smallest absolute Gasteiger partial charge is 0.105 e. The molecule has 3 nitrogen and oxygen atoms in total. The number of halogens is 1. The van der Waals surface area contributed by atoms with Crippen molar-refractivity contribution in [2.45, 2.75) is 31.6 Å². The lowest BCUT2D eigenvalue weighted by atomic mass is 10.0. The van der Waals surface area contributed by atoms with Crippen LogP contribution in [0.1, 0.15) is 25.0 Å². The molecule has 0 aliphatic carbocycles. The Labute approximate surface area is 110 Å². The van der Waals surface area contributed by atoms with Crippen molar-refractivity contribution in [1.82, 2.24) is 0 Å². The fraction of sp³-hybridized carbons (Fsp3) is 0.538. The highest BCUT2D eigenvalue weighted by Crippen LogP contribution is 2.26. The van der Waals surface area contributed by atoms with Gasteiger partial charge in [-0.15, -0.1) is 0 Å². The number of hydrogen-bond acceptors (Lipinski definition) is 3. The van der Waals surface area contributed by atoms with Crippen LogP contribution in [-0.4, -0.2) is 25.4 Å². The largest absolute Gasteiger partial charge is 0.376 e. The van der Waals surface area contributed by atoms with Crippen molar-refractivity contribution in [2.24, 2.45) is 5.73 Å². The third-order valence-corrected chi connectivity index (χ3v) is 3.53. The van der Waals surface area contributed by atoms with Gasteiger partial charge in [-0.25, -0.2) is 0 Å². The Hall–Kier alpha value is -0.420. The van der Waals surface area contributed by atoms with Crippen LogP contribution in [0.4, 0.5) is 0 Å². The third kappa shape index (κ3) is 3.28. The van der Waals surface area contributed by atoms with Crippen molar-refractivity contribution in [2.75, 3.05) is 13.2 Å². The van der Waals surface area contributed by atoms with Gasteiger partial charge in [-0.3, -0.25) is 0 Å².